The smallest absolute Gasteiger partial charge is 0.254 e. The number of nitrogens with zero attached hydrogens (tertiary/aromatic N) is 2. The molecule has 1 aromatic carbocycles. The average Bonchev–Trinajstić information content (AvgIpc) is 3.35. The van der Waals surface area contributed by atoms with E-state index in [0.717, 1.165) is 16.7 Å². The Morgan fingerprint density at radius 2 is 2.00 bits per heavy atom. The number of carbonyl (C=O) groups is 2. The van der Waals surface area contributed by atoms with E-state index in [4.69, 9.17) is 4.74 Å². The summed E-state index contributed by atoms with van der Waals surface area (Å²) in [6.45, 7) is 3.31. The highest BCUT2D eigenvalue weighted by Gasteiger charge is 2.45. The molecule has 1 unspecified atom stereocenters. The van der Waals surface area contributed by atoms with Gasteiger partial charge in [0.1, 0.15) is 0 Å². The number of nitrogens with one attached hydrogen (secondary N) is 1. The molecule has 7 heteroatoms. The highest BCUT2D eigenvalue weighted by Crippen LogP contribution is 2.31. The Bertz CT molecular complexity index is 1040. The molecular formula is C24H25N3O3S. The summed E-state index contributed by atoms with van der Waals surface area (Å²) in [5.41, 5.74) is 2.62. The van der Waals surface area contributed by atoms with E-state index in [-0.39, 0.29) is 18.4 Å². The Morgan fingerprint density at radius 3 is 2.74 bits per heavy atom. The number of aromatic nitrogens is 1. The average molecular weight is 436 g/mol. The first-order chi connectivity index (χ1) is 15.1. The molecule has 0 aliphatic carbocycles. The quantitative estimate of drug-likeness (QED) is 0.644. The summed E-state index contributed by atoms with van der Waals surface area (Å²) in [6.07, 6.45) is 3.58. The number of thiophene rings is 1. The SMILES string of the molecule is CCNC(=O)C1(Cc2ccccc2-c2ccsc2)CN(C(=O)c2ccncc2)CCO1. The molecule has 1 fully saturated rings. The highest BCUT2D eigenvalue weighted by atomic mass is 32.1. The number of pyridine rings is 1. The molecule has 1 atom stereocenters. The van der Waals surface area contributed by atoms with Crippen LogP contribution >= 0.6 is 11.3 Å². The van der Waals surface area contributed by atoms with Gasteiger partial charge in [0.15, 0.2) is 5.60 Å². The van der Waals surface area contributed by atoms with Crippen molar-refractivity contribution < 1.29 is 14.3 Å². The summed E-state index contributed by atoms with van der Waals surface area (Å²) in [5, 5.41) is 7.06. The van der Waals surface area contributed by atoms with Gasteiger partial charge in [-0.25, -0.2) is 0 Å². The molecule has 0 saturated carbocycles. The standard InChI is InChI=1S/C24H25N3O3S/c1-2-26-23(29)24(15-19-5-3-4-6-21(19)20-9-14-31-16-20)17-27(12-13-30-24)22(28)18-7-10-25-11-8-18/h3-11,14,16H,2,12-13,15,17H2,1H3,(H,26,29). The summed E-state index contributed by atoms with van der Waals surface area (Å²) in [6, 6.07) is 13.5. The van der Waals surface area contributed by atoms with E-state index >= 15 is 0 Å². The molecule has 3 aromatic rings. The third-order valence-corrected chi connectivity index (χ3v) is 6.16. The lowest BCUT2D eigenvalue weighted by molar-refractivity contribution is -0.157. The van der Waals surface area contributed by atoms with Crippen LogP contribution in [0.4, 0.5) is 0 Å². The maximum Gasteiger partial charge on any atom is 0.254 e. The molecule has 1 saturated heterocycles. The zero-order valence-electron chi connectivity index (χ0n) is 17.4. The van der Waals surface area contributed by atoms with Crippen molar-refractivity contribution in [2.45, 2.75) is 18.9 Å². The molecule has 2 amide bonds. The van der Waals surface area contributed by atoms with Crippen LogP contribution in [0.2, 0.25) is 0 Å². The van der Waals surface area contributed by atoms with E-state index in [1.165, 1.54) is 0 Å². The number of amides is 2. The molecule has 0 spiro atoms. The van der Waals surface area contributed by atoms with Crippen molar-refractivity contribution in [3.8, 4) is 11.1 Å². The molecule has 1 aliphatic rings. The molecule has 0 radical (unpaired) electrons. The van der Waals surface area contributed by atoms with Crippen LogP contribution in [-0.4, -0.2) is 53.5 Å². The molecule has 160 valence electrons. The van der Waals surface area contributed by atoms with E-state index in [0.29, 0.717) is 31.7 Å². The topological polar surface area (TPSA) is 71.5 Å². The van der Waals surface area contributed by atoms with Crippen molar-refractivity contribution in [1.82, 2.24) is 15.2 Å². The Morgan fingerprint density at radius 1 is 1.19 bits per heavy atom. The van der Waals surface area contributed by atoms with Gasteiger partial charge in [0.05, 0.1) is 13.2 Å². The maximum atomic E-state index is 13.2. The summed E-state index contributed by atoms with van der Waals surface area (Å²) in [4.78, 5) is 32.0. The second kappa shape index (κ2) is 9.41. The Hall–Kier alpha value is -3.03. The molecule has 4 rings (SSSR count). The van der Waals surface area contributed by atoms with Crippen molar-refractivity contribution in [2.75, 3.05) is 26.2 Å². The zero-order valence-corrected chi connectivity index (χ0v) is 18.2. The van der Waals surface area contributed by atoms with E-state index in [9.17, 15) is 9.59 Å². The number of benzene rings is 1. The second-order valence-electron chi connectivity index (χ2n) is 7.51. The van der Waals surface area contributed by atoms with Crippen molar-refractivity contribution in [3.63, 3.8) is 0 Å². The summed E-state index contributed by atoms with van der Waals surface area (Å²) < 4.78 is 6.16. The Kier molecular flexibility index (Phi) is 6.44. The Balaban J connectivity index is 1.67. The van der Waals surface area contributed by atoms with Crippen LogP contribution < -0.4 is 5.32 Å². The van der Waals surface area contributed by atoms with E-state index < -0.39 is 5.60 Å². The van der Waals surface area contributed by atoms with Gasteiger partial charge in [-0.15, -0.1) is 0 Å². The lowest BCUT2D eigenvalue weighted by Gasteiger charge is -2.42. The van der Waals surface area contributed by atoms with Gasteiger partial charge in [-0.3, -0.25) is 14.6 Å². The van der Waals surface area contributed by atoms with E-state index in [1.54, 1.807) is 40.8 Å². The maximum absolute atomic E-state index is 13.2. The molecule has 1 N–H and O–H groups in total. The number of carbonyl (C=O) groups excluding carboxylic acids is 2. The van der Waals surface area contributed by atoms with Gasteiger partial charge in [-0.1, -0.05) is 24.3 Å². The number of hydrogen-bond acceptors (Lipinski definition) is 5. The molecule has 1 aliphatic heterocycles. The zero-order chi connectivity index (χ0) is 21.7. The fourth-order valence-electron chi connectivity index (χ4n) is 3.96. The summed E-state index contributed by atoms with van der Waals surface area (Å²) in [7, 11) is 0. The van der Waals surface area contributed by atoms with Crippen LogP contribution in [-0.2, 0) is 16.0 Å². The van der Waals surface area contributed by atoms with Gasteiger partial charge >= 0.3 is 0 Å². The lowest BCUT2D eigenvalue weighted by Crippen LogP contribution is -2.62. The van der Waals surface area contributed by atoms with Crippen LogP contribution in [0.25, 0.3) is 11.1 Å². The van der Waals surface area contributed by atoms with Crippen molar-refractivity contribution in [3.05, 3.63) is 76.7 Å². The fraction of sp³-hybridized carbons (Fsp3) is 0.292. The number of hydrogen-bond donors (Lipinski definition) is 1. The van der Waals surface area contributed by atoms with Crippen LogP contribution in [0.1, 0.15) is 22.8 Å². The van der Waals surface area contributed by atoms with Crippen LogP contribution in [0.5, 0.6) is 0 Å². The largest absolute Gasteiger partial charge is 0.361 e. The van der Waals surface area contributed by atoms with Crippen LogP contribution in [0.15, 0.2) is 65.6 Å². The normalized spacial score (nSPS) is 18.5. The molecule has 6 nitrogen and oxygen atoms in total. The second-order valence-corrected chi connectivity index (χ2v) is 8.29. The lowest BCUT2D eigenvalue weighted by atomic mass is 9.87. The summed E-state index contributed by atoms with van der Waals surface area (Å²) >= 11 is 1.64. The number of rotatable bonds is 6. The van der Waals surface area contributed by atoms with Gasteiger partial charge in [-0.2, -0.15) is 11.3 Å². The minimum atomic E-state index is -1.15. The van der Waals surface area contributed by atoms with Gasteiger partial charge in [-0.05, 0) is 52.6 Å². The first-order valence-corrected chi connectivity index (χ1v) is 11.3. The van der Waals surface area contributed by atoms with Gasteiger partial charge in [0.25, 0.3) is 11.8 Å². The van der Waals surface area contributed by atoms with Crippen LogP contribution in [0.3, 0.4) is 0 Å². The molecule has 31 heavy (non-hydrogen) atoms. The van der Waals surface area contributed by atoms with Gasteiger partial charge in [0, 0.05) is 37.5 Å². The Labute approximate surface area is 185 Å². The van der Waals surface area contributed by atoms with Crippen molar-refractivity contribution in [2.24, 2.45) is 0 Å². The predicted octanol–water partition coefficient (Wildman–Crippen LogP) is 3.40. The first kappa shape index (κ1) is 21.2. The van der Waals surface area contributed by atoms with Crippen molar-refractivity contribution >= 4 is 23.2 Å². The first-order valence-electron chi connectivity index (χ1n) is 10.3. The summed E-state index contributed by atoms with van der Waals surface area (Å²) in [5.74, 6) is -0.312. The fourth-order valence-corrected chi connectivity index (χ4v) is 4.62. The number of morpholine rings is 1. The molecule has 0 bridgehead atoms. The monoisotopic (exact) mass is 435 g/mol. The van der Waals surface area contributed by atoms with E-state index in [2.05, 4.69) is 27.8 Å². The van der Waals surface area contributed by atoms with Gasteiger partial charge in [0.2, 0.25) is 0 Å². The third-order valence-electron chi connectivity index (χ3n) is 5.48. The van der Waals surface area contributed by atoms with Gasteiger partial charge < -0.3 is 15.0 Å². The highest BCUT2D eigenvalue weighted by molar-refractivity contribution is 7.08. The van der Waals surface area contributed by atoms with Crippen LogP contribution in [0, 0.1) is 0 Å². The number of ether oxygens (including phenoxy) is 1. The predicted molar refractivity (Wildman–Crippen MR) is 121 cm³/mol. The third kappa shape index (κ3) is 4.52. The van der Waals surface area contributed by atoms with Crippen molar-refractivity contribution in [1.29, 1.82) is 0 Å². The minimum absolute atomic E-state index is 0.120. The molecule has 2 aromatic heterocycles. The molecular weight excluding hydrogens is 410 g/mol. The molecule has 3 heterocycles. The van der Waals surface area contributed by atoms with E-state index in [1.807, 2.05) is 30.5 Å². The minimum Gasteiger partial charge on any atom is -0.361 e. The number of likely N-dealkylation sites (N-methyl/N-ethyl adjacent to an activating group) is 1.